The topological polar surface area (TPSA) is 73.7 Å². The van der Waals surface area contributed by atoms with Gasteiger partial charge >= 0.3 is 24.5 Å². The fraction of sp³-hybridized carbons (Fsp3) is 0.381. The summed E-state index contributed by atoms with van der Waals surface area (Å²) in [7, 11) is 0.762. The Morgan fingerprint density at radius 3 is 2.16 bits per heavy atom. The summed E-state index contributed by atoms with van der Waals surface area (Å²) in [4.78, 5) is 28.5. The van der Waals surface area contributed by atoms with E-state index in [1.807, 2.05) is 0 Å². The van der Waals surface area contributed by atoms with Gasteiger partial charge in [-0.15, -0.1) is 6.58 Å². The van der Waals surface area contributed by atoms with E-state index in [2.05, 4.69) is 16.3 Å². The van der Waals surface area contributed by atoms with E-state index in [4.69, 9.17) is 16.3 Å². The second-order valence-corrected chi connectivity index (χ2v) is 7.61. The van der Waals surface area contributed by atoms with Crippen LogP contribution in [0.15, 0.2) is 35.6 Å². The third-order valence-electron chi connectivity index (χ3n) is 4.71. The molecule has 0 aliphatic heterocycles. The van der Waals surface area contributed by atoms with Crippen LogP contribution >= 0.6 is 11.6 Å². The van der Waals surface area contributed by atoms with Crippen LogP contribution < -0.4 is 10.5 Å². The number of methoxy groups -OCH3 is 1. The third kappa shape index (κ3) is 6.59. The molecule has 0 radical (unpaired) electrons. The van der Waals surface area contributed by atoms with E-state index in [0.29, 0.717) is 4.57 Å². The minimum absolute atomic E-state index is 0.0356. The van der Waals surface area contributed by atoms with Gasteiger partial charge in [-0.05, 0) is 19.1 Å². The summed E-state index contributed by atoms with van der Waals surface area (Å²) in [6.45, 7) is 3.46. The Kier molecular flexibility index (Phi) is 9.14. The minimum atomic E-state index is -5.49. The molecule has 1 atom stereocenters. The number of halogens is 10. The number of carbonyl (C=O) groups is 1. The molecule has 17 heteroatoms. The lowest BCUT2D eigenvalue weighted by atomic mass is 10.1. The Balaban J connectivity index is 3.20. The molecule has 1 aromatic heterocycles. The zero-order valence-electron chi connectivity index (χ0n) is 19.3. The molecule has 2 rings (SSSR count). The predicted molar refractivity (Wildman–Crippen MR) is 115 cm³/mol. The van der Waals surface area contributed by atoms with Gasteiger partial charge in [-0.25, -0.2) is 9.78 Å². The van der Waals surface area contributed by atoms with Crippen molar-refractivity contribution < 1.29 is 53.8 Å². The van der Waals surface area contributed by atoms with Gasteiger partial charge in [0, 0.05) is 19.2 Å². The van der Waals surface area contributed by atoms with Crippen LogP contribution in [-0.4, -0.2) is 35.5 Å². The molecule has 210 valence electrons. The Morgan fingerprint density at radius 1 is 1.11 bits per heavy atom. The molecule has 38 heavy (non-hydrogen) atoms. The molecule has 1 heterocycles. The van der Waals surface area contributed by atoms with Gasteiger partial charge in [0.05, 0.1) is 28.9 Å². The Bertz CT molecular complexity index is 1260. The molecule has 2 aromatic rings. The zero-order valence-corrected chi connectivity index (χ0v) is 20.0. The summed E-state index contributed by atoms with van der Waals surface area (Å²) >= 11 is 5.86. The highest BCUT2D eigenvalue weighted by atomic mass is 35.5. The summed E-state index contributed by atoms with van der Waals surface area (Å²) in [6.07, 6.45) is -17.6. The summed E-state index contributed by atoms with van der Waals surface area (Å²) in [5, 5.41) is -1.46. The van der Waals surface area contributed by atoms with E-state index in [0.717, 1.165) is 13.2 Å². The molecule has 0 bridgehead atoms. The number of aromatic nitrogens is 2. The predicted octanol–water partition coefficient (Wildman–Crippen LogP) is 5.81. The molecule has 1 unspecified atom stereocenters. The van der Waals surface area contributed by atoms with Gasteiger partial charge < -0.3 is 9.47 Å². The van der Waals surface area contributed by atoms with Gasteiger partial charge in [0.25, 0.3) is 5.56 Å². The molecule has 0 N–H and O–H groups in total. The third-order valence-corrected chi connectivity index (χ3v) is 5.11. The number of benzene rings is 1. The average Bonchev–Trinajstić information content (AvgIpc) is 2.78. The number of esters is 1. The fourth-order valence-corrected chi connectivity index (χ4v) is 3.43. The number of ether oxygens (including phenoxy) is 2. The molecule has 0 saturated heterocycles. The standard InChI is InChI=1S/C21H17ClF9N3O4/c1-4-6-33-14(35)9-13(21(29,30)31)32-18(33)34(16(38-5-2)17(36)37-3)12-8-10(19(23,24)25)7-11(15(12)22)20(26,27)28/h4,7-9,16H,1,5-6H2,2-3H3. The van der Waals surface area contributed by atoms with Crippen LogP contribution in [-0.2, 0) is 39.3 Å². The van der Waals surface area contributed by atoms with E-state index in [9.17, 15) is 49.1 Å². The van der Waals surface area contributed by atoms with Crippen molar-refractivity contribution in [3.05, 3.63) is 63.1 Å². The monoisotopic (exact) mass is 581 g/mol. The molecule has 7 nitrogen and oxygen atoms in total. The number of hydrogen-bond donors (Lipinski definition) is 0. The summed E-state index contributed by atoms with van der Waals surface area (Å²) in [5.41, 5.74) is -8.59. The number of rotatable bonds is 8. The van der Waals surface area contributed by atoms with Crippen molar-refractivity contribution in [2.45, 2.75) is 38.2 Å². The van der Waals surface area contributed by atoms with Crippen molar-refractivity contribution in [1.29, 1.82) is 0 Å². The first-order valence-electron chi connectivity index (χ1n) is 10.1. The second-order valence-electron chi connectivity index (χ2n) is 7.23. The maximum Gasteiger partial charge on any atom is 0.433 e. The van der Waals surface area contributed by atoms with E-state index in [-0.39, 0.29) is 23.1 Å². The van der Waals surface area contributed by atoms with Crippen molar-refractivity contribution in [3.63, 3.8) is 0 Å². The first kappa shape index (κ1) is 31.0. The number of alkyl halides is 9. The minimum Gasteiger partial charge on any atom is -0.466 e. The molecule has 0 aliphatic carbocycles. The normalized spacial score (nSPS) is 13.3. The Hall–Kier alpha value is -3.27. The van der Waals surface area contributed by atoms with Crippen LogP contribution in [0.1, 0.15) is 23.7 Å². The van der Waals surface area contributed by atoms with E-state index < -0.39 is 82.9 Å². The van der Waals surface area contributed by atoms with Crippen molar-refractivity contribution in [2.75, 3.05) is 18.6 Å². The Morgan fingerprint density at radius 2 is 1.71 bits per heavy atom. The van der Waals surface area contributed by atoms with Crippen LogP contribution in [0.5, 0.6) is 0 Å². The molecule has 0 amide bonds. The lowest BCUT2D eigenvalue weighted by molar-refractivity contribution is -0.153. The smallest absolute Gasteiger partial charge is 0.433 e. The summed E-state index contributed by atoms with van der Waals surface area (Å²) in [6, 6.07) is -0.251. The van der Waals surface area contributed by atoms with Crippen molar-refractivity contribution >= 4 is 29.2 Å². The number of carbonyl (C=O) groups excluding carboxylic acids is 1. The van der Waals surface area contributed by atoms with Crippen LogP contribution in [0.3, 0.4) is 0 Å². The quantitative estimate of drug-likeness (QED) is 0.170. The molecule has 1 aromatic carbocycles. The largest absolute Gasteiger partial charge is 0.466 e. The summed E-state index contributed by atoms with van der Waals surface area (Å²) < 4.78 is 133. The molecule has 0 spiro atoms. The van der Waals surface area contributed by atoms with Gasteiger partial charge in [-0.2, -0.15) is 39.5 Å². The summed E-state index contributed by atoms with van der Waals surface area (Å²) in [5.74, 6) is -2.71. The first-order valence-corrected chi connectivity index (χ1v) is 10.5. The molecule has 0 aliphatic rings. The zero-order chi connectivity index (χ0) is 29.2. The highest BCUT2D eigenvalue weighted by molar-refractivity contribution is 6.34. The van der Waals surface area contributed by atoms with Crippen molar-refractivity contribution in [2.24, 2.45) is 0 Å². The number of nitrogens with zero attached hydrogens (tertiary/aromatic N) is 3. The highest BCUT2D eigenvalue weighted by Crippen LogP contribution is 2.46. The Labute approximate surface area is 213 Å². The molecular formula is C21H17ClF9N3O4. The number of allylic oxidation sites excluding steroid dienone is 1. The van der Waals surface area contributed by atoms with Crippen molar-refractivity contribution in [3.8, 4) is 0 Å². The maximum absolute atomic E-state index is 13.7. The lowest BCUT2D eigenvalue weighted by Gasteiger charge is -2.33. The number of hydrogen-bond acceptors (Lipinski definition) is 6. The second kappa shape index (κ2) is 11.2. The van der Waals surface area contributed by atoms with Crippen LogP contribution in [0.4, 0.5) is 51.1 Å². The SMILES string of the molecule is C=CCn1c(N(c2cc(C(F)(F)F)cc(C(F)(F)F)c2Cl)C(OCC)C(=O)OC)nc(C(F)(F)F)cc1=O. The average molecular weight is 582 g/mol. The maximum atomic E-state index is 13.7. The fourth-order valence-electron chi connectivity index (χ4n) is 3.12. The van der Waals surface area contributed by atoms with Crippen LogP contribution in [0, 0.1) is 0 Å². The van der Waals surface area contributed by atoms with Crippen molar-refractivity contribution in [1.82, 2.24) is 9.55 Å². The van der Waals surface area contributed by atoms with Crippen LogP contribution in [0.2, 0.25) is 5.02 Å². The van der Waals surface area contributed by atoms with Gasteiger partial charge in [0.2, 0.25) is 12.2 Å². The molecule has 0 fully saturated rings. The van der Waals surface area contributed by atoms with E-state index in [1.165, 1.54) is 6.92 Å². The van der Waals surface area contributed by atoms with Gasteiger partial charge in [-0.3, -0.25) is 14.3 Å². The van der Waals surface area contributed by atoms with E-state index in [1.54, 1.807) is 0 Å². The molecular weight excluding hydrogens is 565 g/mol. The number of anilines is 2. The lowest BCUT2D eigenvalue weighted by Crippen LogP contribution is -2.45. The van der Waals surface area contributed by atoms with Gasteiger partial charge in [-0.1, -0.05) is 17.7 Å². The van der Waals surface area contributed by atoms with Gasteiger partial charge in [0.1, 0.15) is 0 Å². The highest BCUT2D eigenvalue weighted by Gasteiger charge is 2.43. The van der Waals surface area contributed by atoms with Crippen LogP contribution in [0.25, 0.3) is 0 Å². The first-order chi connectivity index (χ1) is 17.4. The van der Waals surface area contributed by atoms with E-state index >= 15 is 0 Å². The van der Waals surface area contributed by atoms with Gasteiger partial charge in [0.15, 0.2) is 5.69 Å². The molecule has 0 saturated carbocycles.